The summed E-state index contributed by atoms with van der Waals surface area (Å²) in [7, 11) is 1.88. The standard InChI is InChI=1S/C15H20N2O/c1-17(12-7-3-2-4-8-12)15(18)14-13-9-5-6-11(13)10-16-14/h2-4,7-8,11,13-14,16H,5-6,9-10H2,1H3/t11-,13-,14-/m0/s1. The largest absolute Gasteiger partial charge is 0.314 e. The van der Waals surface area contributed by atoms with Gasteiger partial charge in [0.25, 0.3) is 0 Å². The number of nitrogens with one attached hydrogen (secondary N) is 1. The number of fused-ring (bicyclic) bond motifs is 1. The van der Waals surface area contributed by atoms with E-state index in [2.05, 4.69) is 5.32 Å². The molecule has 18 heavy (non-hydrogen) atoms. The smallest absolute Gasteiger partial charge is 0.244 e. The Morgan fingerprint density at radius 2 is 2.06 bits per heavy atom. The maximum Gasteiger partial charge on any atom is 0.244 e. The SMILES string of the molecule is CN(C(=O)[C@H]1NC[C@@H]2CCC[C@@H]21)c1ccccc1. The second-order valence-corrected chi connectivity index (χ2v) is 5.47. The lowest BCUT2D eigenvalue weighted by Gasteiger charge is -2.24. The Labute approximate surface area is 108 Å². The zero-order valence-electron chi connectivity index (χ0n) is 10.8. The first-order chi connectivity index (χ1) is 8.77. The quantitative estimate of drug-likeness (QED) is 0.863. The molecule has 1 aliphatic heterocycles. The maximum atomic E-state index is 12.6. The number of hydrogen-bond donors (Lipinski definition) is 1. The van der Waals surface area contributed by atoms with Crippen LogP contribution in [0.5, 0.6) is 0 Å². The minimum Gasteiger partial charge on any atom is -0.314 e. The van der Waals surface area contributed by atoms with Gasteiger partial charge in [0.05, 0.1) is 6.04 Å². The van der Waals surface area contributed by atoms with E-state index in [0.717, 1.165) is 18.2 Å². The molecule has 1 N–H and O–H groups in total. The fraction of sp³-hybridized carbons (Fsp3) is 0.533. The summed E-state index contributed by atoms with van der Waals surface area (Å²) in [5.41, 5.74) is 0.978. The summed E-state index contributed by atoms with van der Waals surface area (Å²) in [6.07, 6.45) is 3.78. The van der Waals surface area contributed by atoms with Gasteiger partial charge >= 0.3 is 0 Å². The Morgan fingerprint density at radius 3 is 2.83 bits per heavy atom. The van der Waals surface area contributed by atoms with Gasteiger partial charge in [0.2, 0.25) is 5.91 Å². The fourth-order valence-corrected chi connectivity index (χ4v) is 3.45. The zero-order chi connectivity index (χ0) is 12.5. The molecule has 1 aromatic carbocycles. The van der Waals surface area contributed by atoms with E-state index in [1.807, 2.05) is 37.4 Å². The van der Waals surface area contributed by atoms with Crippen LogP contribution in [0.25, 0.3) is 0 Å². The molecule has 3 heteroatoms. The Kier molecular flexibility index (Phi) is 3.08. The van der Waals surface area contributed by atoms with Crippen molar-refractivity contribution >= 4 is 11.6 Å². The number of rotatable bonds is 2. The van der Waals surface area contributed by atoms with E-state index < -0.39 is 0 Å². The number of carbonyl (C=O) groups excluding carboxylic acids is 1. The van der Waals surface area contributed by atoms with Gasteiger partial charge in [0.1, 0.15) is 0 Å². The topological polar surface area (TPSA) is 32.3 Å². The average molecular weight is 244 g/mol. The summed E-state index contributed by atoms with van der Waals surface area (Å²) in [6.45, 7) is 1.02. The number of anilines is 1. The van der Waals surface area contributed by atoms with Gasteiger partial charge in [0.15, 0.2) is 0 Å². The molecule has 1 aliphatic carbocycles. The molecule has 0 spiro atoms. The number of benzene rings is 1. The molecule has 1 heterocycles. The lowest BCUT2D eigenvalue weighted by Crippen LogP contribution is -2.44. The van der Waals surface area contributed by atoms with Crippen molar-refractivity contribution in [1.82, 2.24) is 5.32 Å². The molecule has 3 nitrogen and oxygen atoms in total. The van der Waals surface area contributed by atoms with Crippen molar-refractivity contribution in [1.29, 1.82) is 0 Å². The van der Waals surface area contributed by atoms with E-state index in [1.165, 1.54) is 19.3 Å². The number of hydrogen-bond acceptors (Lipinski definition) is 2. The molecule has 1 aromatic rings. The van der Waals surface area contributed by atoms with Crippen molar-refractivity contribution in [2.45, 2.75) is 25.3 Å². The predicted octanol–water partition coefficient (Wildman–Crippen LogP) is 2.04. The van der Waals surface area contributed by atoms with Crippen molar-refractivity contribution in [2.24, 2.45) is 11.8 Å². The van der Waals surface area contributed by atoms with Crippen LogP contribution < -0.4 is 10.2 Å². The van der Waals surface area contributed by atoms with Crippen molar-refractivity contribution in [3.8, 4) is 0 Å². The van der Waals surface area contributed by atoms with Gasteiger partial charge in [-0.3, -0.25) is 4.79 Å². The predicted molar refractivity (Wildman–Crippen MR) is 72.5 cm³/mol. The normalized spacial score (nSPS) is 30.2. The maximum absolute atomic E-state index is 12.6. The minimum atomic E-state index is 0.0303. The van der Waals surface area contributed by atoms with Crippen molar-refractivity contribution in [3.63, 3.8) is 0 Å². The van der Waals surface area contributed by atoms with Crippen LogP contribution >= 0.6 is 0 Å². The number of para-hydroxylation sites is 1. The lowest BCUT2D eigenvalue weighted by atomic mass is 9.93. The summed E-state index contributed by atoms with van der Waals surface area (Å²) in [5, 5.41) is 3.42. The third-order valence-electron chi connectivity index (χ3n) is 4.49. The van der Waals surface area contributed by atoms with Gasteiger partial charge in [-0.15, -0.1) is 0 Å². The summed E-state index contributed by atoms with van der Waals surface area (Å²) in [4.78, 5) is 14.3. The van der Waals surface area contributed by atoms with Gasteiger partial charge in [-0.25, -0.2) is 0 Å². The van der Waals surface area contributed by atoms with E-state index in [0.29, 0.717) is 5.92 Å². The van der Waals surface area contributed by atoms with Gasteiger partial charge in [-0.05, 0) is 43.4 Å². The fourth-order valence-electron chi connectivity index (χ4n) is 3.45. The van der Waals surface area contributed by atoms with E-state index in [9.17, 15) is 4.79 Å². The van der Waals surface area contributed by atoms with Gasteiger partial charge < -0.3 is 10.2 Å². The second-order valence-electron chi connectivity index (χ2n) is 5.47. The Hall–Kier alpha value is -1.35. The Morgan fingerprint density at radius 1 is 1.28 bits per heavy atom. The Balaban J connectivity index is 1.75. The molecule has 2 fully saturated rings. The van der Waals surface area contributed by atoms with E-state index in [4.69, 9.17) is 0 Å². The van der Waals surface area contributed by atoms with Crippen LogP contribution in [0.2, 0.25) is 0 Å². The third kappa shape index (κ3) is 1.93. The molecular weight excluding hydrogens is 224 g/mol. The van der Waals surface area contributed by atoms with Crippen LogP contribution in [0, 0.1) is 11.8 Å². The first kappa shape index (κ1) is 11.7. The zero-order valence-corrected chi connectivity index (χ0v) is 10.8. The molecule has 3 rings (SSSR count). The Bertz CT molecular complexity index is 431. The van der Waals surface area contributed by atoms with Crippen LogP contribution in [-0.2, 0) is 4.79 Å². The highest BCUT2D eigenvalue weighted by atomic mass is 16.2. The number of nitrogens with zero attached hydrogens (tertiary/aromatic N) is 1. The molecule has 1 saturated heterocycles. The van der Waals surface area contributed by atoms with Gasteiger partial charge in [-0.1, -0.05) is 24.6 Å². The summed E-state index contributed by atoms with van der Waals surface area (Å²) in [5.74, 6) is 1.50. The molecule has 2 aliphatic rings. The molecule has 3 atom stereocenters. The van der Waals surface area contributed by atoms with Crippen LogP contribution in [0.4, 0.5) is 5.69 Å². The molecule has 1 amide bonds. The highest BCUT2D eigenvalue weighted by molar-refractivity contribution is 5.97. The molecule has 1 saturated carbocycles. The first-order valence-electron chi connectivity index (χ1n) is 6.83. The van der Waals surface area contributed by atoms with Gasteiger partial charge in [0, 0.05) is 12.7 Å². The number of amides is 1. The highest BCUT2D eigenvalue weighted by Gasteiger charge is 2.43. The van der Waals surface area contributed by atoms with Gasteiger partial charge in [-0.2, -0.15) is 0 Å². The molecule has 0 bridgehead atoms. The molecular formula is C15H20N2O. The van der Waals surface area contributed by atoms with Crippen molar-refractivity contribution in [3.05, 3.63) is 30.3 Å². The minimum absolute atomic E-state index is 0.0303. The van der Waals surface area contributed by atoms with Crippen molar-refractivity contribution in [2.75, 3.05) is 18.5 Å². The third-order valence-corrected chi connectivity index (χ3v) is 4.49. The summed E-state index contributed by atoms with van der Waals surface area (Å²) in [6, 6.07) is 9.92. The van der Waals surface area contributed by atoms with E-state index >= 15 is 0 Å². The first-order valence-corrected chi connectivity index (χ1v) is 6.83. The average Bonchev–Trinajstić information content (AvgIpc) is 3.00. The molecule has 0 unspecified atom stereocenters. The van der Waals surface area contributed by atoms with Crippen molar-refractivity contribution < 1.29 is 4.79 Å². The summed E-state index contributed by atoms with van der Waals surface area (Å²) < 4.78 is 0. The van der Waals surface area contributed by atoms with Crippen LogP contribution in [0.1, 0.15) is 19.3 Å². The summed E-state index contributed by atoms with van der Waals surface area (Å²) >= 11 is 0. The molecule has 0 radical (unpaired) electrons. The monoisotopic (exact) mass is 244 g/mol. The number of carbonyl (C=O) groups is 1. The van der Waals surface area contributed by atoms with Crippen LogP contribution in [0.3, 0.4) is 0 Å². The van der Waals surface area contributed by atoms with Crippen LogP contribution in [-0.4, -0.2) is 25.5 Å². The van der Waals surface area contributed by atoms with E-state index in [1.54, 1.807) is 4.90 Å². The number of likely N-dealkylation sites (N-methyl/N-ethyl adjacent to an activating group) is 1. The van der Waals surface area contributed by atoms with E-state index in [-0.39, 0.29) is 11.9 Å². The lowest BCUT2D eigenvalue weighted by molar-refractivity contribution is -0.120. The molecule has 0 aromatic heterocycles. The molecule has 96 valence electrons. The highest BCUT2D eigenvalue weighted by Crippen LogP contribution is 2.38. The second kappa shape index (κ2) is 4.73. The van der Waals surface area contributed by atoms with Crippen LogP contribution in [0.15, 0.2) is 30.3 Å².